The first-order chi connectivity index (χ1) is 7.30. The van der Waals surface area contributed by atoms with Gasteiger partial charge in [0.05, 0.1) is 0 Å². The lowest BCUT2D eigenvalue weighted by Gasteiger charge is -2.33. The molecule has 1 aromatic carbocycles. The summed E-state index contributed by atoms with van der Waals surface area (Å²) in [6.07, 6.45) is 3.25. The molecule has 3 rings (SSSR count). The van der Waals surface area contributed by atoms with Crippen molar-refractivity contribution in [1.29, 1.82) is 0 Å². The van der Waals surface area contributed by atoms with Crippen LogP contribution in [0.15, 0.2) is 30.3 Å². The second-order valence-electron chi connectivity index (χ2n) is 4.80. The van der Waals surface area contributed by atoms with Crippen LogP contribution in [0.2, 0.25) is 0 Å². The maximum absolute atomic E-state index is 11.5. The number of fused-ring (bicyclic) bond motifs is 2. The minimum atomic E-state index is 0.236. The standard InChI is InChI=1S/C13H15NO/c15-12-10-6-7-13(8-10,9-14-12)11-4-2-1-3-5-11/h1-5,10H,6-9H2,(H,14,15). The second-order valence-corrected chi connectivity index (χ2v) is 4.80. The lowest BCUT2D eigenvalue weighted by molar-refractivity contribution is -0.126. The van der Waals surface area contributed by atoms with E-state index in [1.165, 1.54) is 5.56 Å². The van der Waals surface area contributed by atoms with Crippen LogP contribution in [0.1, 0.15) is 24.8 Å². The predicted octanol–water partition coefficient (Wildman–Crippen LogP) is 1.85. The molecule has 2 aliphatic rings. The molecule has 2 heteroatoms. The predicted molar refractivity (Wildman–Crippen MR) is 58.5 cm³/mol. The SMILES string of the molecule is O=C1NCC2(c3ccccc3)CCC1C2. The van der Waals surface area contributed by atoms with Crippen LogP contribution in [0, 0.1) is 5.92 Å². The lowest BCUT2D eigenvalue weighted by Crippen LogP contribution is -2.45. The first kappa shape index (κ1) is 8.96. The Morgan fingerprint density at radius 3 is 2.87 bits per heavy atom. The van der Waals surface area contributed by atoms with E-state index in [0.717, 1.165) is 25.8 Å². The smallest absolute Gasteiger partial charge is 0.223 e. The molecule has 1 heterocycles. The highest BCUT2D eigenvalue weighted by atomic mass is 16.2. The Morgan fingerprint density at radius 2 is 2.07 bits per heavy atom. The second kappa shape index (κ2) is 3.09. The Bertz CT molecular complexity index is 387. The van der Waals surface area contributed by atoms with Crippen LogP contribution in [0.5, 0.6) is 0 Å². The fourth-order valence-corrected chi connectivity index (χ4v) is 3.07. The molecule has 2 nitrogen and oxygen atoms in total. The van der Waals surface area contributed by atoms with Crippen LogP contribution in [-0.4, -0.2) is 12.5 Å². The Morgan fingerprint density at radius 1 is 1.27 bits per heavy atom. The molecule has 0 radical (unpaired) electrons. The van der Waals surface area contributed by atoms with Crippen molar-refractivity contribution in [3.05, 3.63) is 35.9 Å². The third kappa shape index (κ3) is 1.28. The van der Waals surface area contributed by atoms with Crippen molar-refractivity contribution < 1.29 is 4.79 Å². The number of piperidine rings is 1. The van der Waals surface area contributed by atoms with Crippen molar-refractivity contribution >= 4 is 5.91 Å². The third-order valence-electron chi connectivity index (χ3n) is 3.97. The van der Waals surface area contributed by atoms with Gasteiger partial charge >= 0.3 is 0 Å². The highest BCUT2D eigenvalue weighted by Gasteiger charge is 2.46. The molecule has 2 atom stereocenters. The summed E-state index contributed by atoms with van der Waals surface area (Å²) in [6.45, 7) is 0.826. The number of amides is 1. The normalized spacial score (nSPS) is 33.9. The van der Waals surface area contributed by atoms with Gasteiger partial charge in [-0.2, -0.15) is 0 Å². The molecule has 2 fully saturated rings. The minimum absolute atomic E-state index is 0.236. The summed E-state index contributed by atoms with van der Waals surface area (Å²) < 4.78 is 0. The van der Waals surface area contributed by atoms with Crippen molar-refractivity contribution in [1.82, 2.24) is 5.32 Å². The van der Waals surface area contributed by atoms with Crippen molar-refractivity contribution in [3.63, 3.8) is 0 Å². The molecule has 78 valence electrons. The Hall–Kier alpha value is -1.31. The zero-order chi connectivity index (χ0) is 10.3. The van der Waals surface area contributed by atoms with Crippen LogP contribution in [-0.2, 0) is 10.2 Å². The molecular formula is C13H15NO. The number of hydrogen-bond acceptors (Lipinski definition) is 1. The van der Waals surface area contributed by atoms with Crippen molar-refractivity contribution in [2.45, 2.75) is 24.7 Å². The highest BCUT2D eigenvalue weighted by molar-refractivity contribution is 5.80. The van der Waals surface area contributed by atoms with Crippen molar-refractivity contribution in [2.24, 2.45) is 5.92 Å². The summed E-state index contributed by atoms with van der Waals surface area (Å²) in [5, 5.41) is 3.04. The number of carbonyl (C=O) groups is 1. The lowest BCUT2D eigenvalue weighted by atomic mass is 9.76. The van der Waals surface area contributed by atoms with E-state index in [1.807, 2.05) is 6.07 Å². The van der Waals surface area contributed by atoms with Gasteiger partial charge in [-0.15, -0.1) is 0 Å². The molecule has 0 aromatic heterocycles. The summed E-state index contributed by atoms with van der Waals surface area (Å²) >= 11 is 0. The Kier molecular flexibility index (Phi) is 1.84. The molecule has 0 spiro atoms. The minimum Gasteiger partial charge on any atom is -0.355 e. The number of benzene rings is 1. The van der Waals surface area contributed by atoms with Crippen LogP contribution < -0.4 is 5.32 Å². The third-order valence-corrected chi connectivity index (χ3v) is 3.97. The van der Waals surface area contributed by atoms with Gasteiger partial charge in [0, 0.05) is 17.9 Å². The molecule has 1 N–H and O–H groups in total. The number of rotatable bonds is 1. The van der Waals surface area contributed by atoms with E-state index in [9.17, 15) is 4.79 Å². The van der Waals surface area contributed by atoms with Gasteiger partial charge in [-0.05, 0) is 24.8 Å². The molecule has 2 bridgehead atoms. The zero-order valence-electron chi connectivity index (χ0n) is 8.70. The van der Waals surface area contributed by atoms with Crippen LogP contribution in [0.4, 0.5) is 0 Å². The summed E-state index contributed by atoms with van der Waals surface area (Å²) in [4.78, 5) is 11.5. The van der Waals surface area contributed by atoms with E-state index in [1.54, 1.807) is 0 Å². The Labute approximate surface area is 89.7 Å². The maximum atomic E-state index is 11.5. The largest absolute Gasteiger partial charge is 0.355 e. The van der Waals surface area contributed by atoms with Gasteiger partial charge < -0.3 is 5.32 Å². The summed E-state index contributed by atoms with van der Waals surface area (Å²) in [6, 6.07) is 10.6. The molecule has 1 aliphatic heterocycles. The molecular weight excluding hydrogens is 186 g/mol. The van der Waals surface area contributed by atoms with E-state index in [0.29, 0.717) is 0 Å². The Balaban J connectivity index is 1.97. The monoisotopic (exact) mass is 201 g/mol. The number of nitrogens with one attached hydrogen (secondary N) is 1. The van der Waals surface area contributed by atoms with Crippen LogP contribution >= 0.6 is 0 Å². The summed E-state index contributed by atoms with van der Waals surface area (Å²) in [7, 11) is 0. The first-order valence-corrected chi connectivity index (χ1v) is 5.63. The van der Waals surface area contributed by atoms with Gasteiger partial charge in [0.1, 0.15) is 0 Å². The fraction of sp³-hybridized carbons (Fsp3) is 0.462. The van der Waals surface area contributed by atoms with Gasteiger partial charge in [-0.1, -0.05) is 30.3 Å². The van der Waals surface area contributed by atoms with E-state index in [-0.39, 0.29) is 17.2 Å². The molecule has 15 heavy (non-hydrogen) atoms. The topological polar surface area (TPSA) is 29.1 Å². The van der Waals surface area contributed by atoms with E-state index in [4.69, 9.17) is 0 Å². The number of carbonyl (C=O) groups excluding carboxylic acids is 1. The van der Waals surface area contributed by atoms with E-state index < -0.39 is 0 Å². The molecule has 1 aromatic rings. The van der Waals surface area contributed by atoms with Gasteiger partial charge in [0.25, 0.3) is 0 Å². The summed E-state index contributed by atoms with van der Waals surface area (Å²) in [5.74, 6) is 0.526. The van der Waals surface area contributed by atoms with E-state index in [2.05, 4.69) is 29.6 Å². The molecule has 1 amide bonds. The molecule has 2 unspecified atom stereocenters. The fourth-order valence-electron chi connectivity index (χ4n) is 3.07. The molecule has 1 saturated carbocycles. The molecule has 1 saturated heterocycles. The van der Waals surface area contributed by atoms with Crippen LogP contribution in [0.25, 0.3) is 0 Å². The van der Waals surface area contributed by atoms with Gasteiger partial charge in [0.15, 0.2) is 0 Å². The summed E-state index contributed by atoms with van der Waals surface area (Å²) in [5.41, 5.74) is 1.63. The van der Waals surface area contributed by atoms with Gasteiger partial charge in [0.2, 0.25) is 5.91 Å². The average molecular weight is 201 g/mol. The van der Waals surface area contributed by atoms with E-state index >= 15 is 0 Å². The van der Waals surface area contributed by atoms with Crippen molar-refractivity contribution in [3.8, 4) is 0 Å². The number of hydrogen-bond donors (Lipinski definition) is 1. The van der Waals surface area contributed by atoms with Crippen LogP contribution in [0.3, 0.4) is 0 Å². The van der Waals surface area contributed by atoms with Gasteiger partial charge in [-0.25, -0.2) is 0 Å². The quantitative estimate of drug-likeness (QED) is 0.738. The first-order valence-electron chi connectivity index (χ1n) is 5.63. The average Bonchev–Trinajstić information content (AvgIpc) is 2.67. The maximum Gasteiger partial charge on any atom is 0.223 e. The zero-order valence-corrected chi connectivity index (χ0v) is 8.70. The van der Waals surface area contributed by atoms with Crippen molar-refractivity contribution in [2.75, 3.05) is 6.54 Å². The highest BCUT2D eigenvalue weighted by Crippen LogP contribution is 2.46. The molecule has 1 aliphatic carbocycles. The van der Waals surface area contributed by atoms with Gasteiger partial charge in [-0.3, -0.25) is 4.79 Å².